The lowest BCUT2D eigenvalue weighted by Gasteiger charge is -2.10. The van der Waals surface area contributed by atoms with Crippen LogP contribution in [-0.4, -0.2) is 17.1 Å². The molecule has 0 saturated heterocycles. The number of amides is 1. The number of hydrogen-bond acceptors (Lipinski definition) is 3. The fourth-order valence-corrected chi connectivity index (χ4v) is 4.13. The number of para-hydroxylation sites is 1. The van der Waals surface area contributed by atoms with Gasteiger partial charge in [-0.1, -0.05) is 48.0 Å². The molecule has 1 N–H and O–H groups in total. The predicted molar refractivity (Wildman–Crippen MR) is 137 cm³/mol. The summed E-state index contributed by atoms with van der Waals surface area (Å²) in [5, 5.41) is 14.2. The summed E-state index contributed by atoms with van der Waals surface area (Å²) < 4.78 is 7.59. The Bertz CT molecular complexity index is 1410. The molecule has 4 aromatic rings. The molecule has 170 valence electrons. The van der Waals surface area contributed by atoms with Crippen molar-refractivity contribution in [1.82, 2.24) is 4.57 Å². The Morgan fingerprint density at radius 1 is 1.09 bits per heavy atom. The van der Waals surface area contributed by atoms with Crippen LogP contribution in [-0.2, 0) is 11.3 Å². The zero-order valence-electron chi connectivity index (χ0n) is 19.0. The van der Waals surface area contributed by atoms with Gasteiger partial charge in [-0.2, -0.15) is 5.26 Å². The van der Waals surface area contributed by atoms with Crippen molar-refractivity contribution in [1.29, 1.82) is 5.26 Å². The van der Waals surface area contributed by atoms with E-state index >= 15 is 0 Å². The molecule has 1 heterocycles. The Hall–Kier alpha value is -4.01. The average Bonchev–Trinajstić information content (AvgIpc) is 3.11. The third kappa shape index (κ3) is 4.83. The van der Waals surface area contributed by atoms with Crippen LogP contribution in [0.4, 0.5) is 5.69 Å². The van der Waals surface area contributed by atoms with E-state index in [9.17, 15) is 10.1 Å². The number of fused-ring (bicyclic) bond motifs is 1. The highest BCUT2D eigenvalue weighted by Gasteiger charge is 2.17. The maximum atomic E-state index is 12.9. The predicted octanol–water partition coefficient (Wildman–Crippen LogP) is 6.60. The van der Waals surface area contributed by atoms with Crippen LogP contribution >= 0.6 is 11.6 Å². The van der Waals surface area contributed by atoms with E-state index in [4.69, 9.17) is 16.3 Å². The standard InChI is InChI=1S/C28H24ClN3O2/c1-3-34-23-14-12-22(13-15-23)31-28(33)21(17-30)16-25-19(2)32(27-11-7-5-9-24(25)27)18-20-8-4-6-10-26(20)29/h4-16H,3,18H2,1-2H3,(H,31,33)/b21-16+. The van der Waals surface area contributed by atoms with Gasteiger partial charge in [-0.25, -0.2) is 0 Å². The Balaban J connectivity index is 1.68. The van der Waals surface area contributed by atoms with Gasteiger partial charge in [0.2, 0.25) is 0 Å². The normalized spacial score (nSPS) is 11.3. The maximum absolute atomic E-state index is 12.9. The highest BCUT2D eigenvalue weighted by atomic mass is 35.5. The highest BCUT2D eigenvalue weighted by Crippen LogP contribution is 2.30. The fourth-order valence-electron chi connectivity index (χ4n) is 3.93. The molecule has 0 radical (unpaired) electrons. The summed E-state index contributed by atoms with van der Waals surface area (Å²) >= 11 is 6.41. The second kappa shape index (κ2) is 10.3. The van der Waals surface area contributed by atoms with Crippen molar-refractivity contribution < 1.29 is 9.53 Å². The van der Waals surface area contributed by atoms with E-state index in [0.29, 0.717) is 23.9 Å². The zero-order valence-corrected chi connectivity index (χ0v) is 19.8. The number of rotatable bonds is 7. The number of carbonyl (C=O) groups excluding carboxylic acids is 1. The molecule has 0 bridgehead atoms. The van der Waals surface area contributed by atoms with Gasteiger partial charge >= 0.3 is 0 Å². The fraction of sp³-hybridized carbons (Fsp3) is 0.143. The van der Waals surface area contributed by atoms with Crippen LogP contribution in [0.25, 0.3) is 17.0 Å². The number of carbonyl (C=O) groups is 1. The molecule has 0 fully saturated rings. The van der Waals surface area contributed by atoms with E-state index in [0.717, 1.165) is 33.5 Å². The van der Waals surface area contributed by atoms with Crippen molar-refractivity contribution in [3.05, 3.63) is 100 Å². The minimum absolute atomic E-state index is 0.0256. The van der Waals surface area contributed by atoms with Gasteiger partial charge in [-0.15, -0.1) is 0 Å². The summed E-state index contributed by atoms with van der Waals surface area (Å²) in [5.74, 6) is 0.257. The van der Waals surface area contributed by atoms with Crippen LogP contribution in [0.1, 0.15) is 23.7 Å². The average molecular weight is 470 g/mol. The number of nitriles is 1. The first-order valence-corrected chi connectivity index (χ1v) is 11.4. The molecule has 1 aromatic heterocycles. The second-order valence-electron chi connectivity index (χ2n) is 7.78. The smallest absolute Gasteiger partial charge is 0.266 e. The molecule has 0 unspecified atom stereocenters. The number of aromatic nitrogens is 1. The van der Waals surface area contributed by atoms with Gasteiger partial charge in [0.1, 0.15) is 17.4 Å². The van der Waals surface area contributed by atoms with Crippen LogP contribution in [0.15, 0.2) is 78.4 Å². The molecule has 0 aliphatic rings. The van der Waals surface area contributed by atoms with Crippen LogP contribution in [0, 0.1) is 18.3 Å². The van der Waals surface area contributed by atoms with Crippen LogP contribution in [0.3, 0.4) is 0 Å². The van der Waals surface area contributed by atoms with Crippen molar-refractivity contribution in [2.75, 3.05) is 11.9 Å². The number of hydrogen-bond donors (Lipinski definition) is 1. The molecule has 6 heteroatoms. The summed E-state index contributed by atoms with van der Waals surface area (Å²) in [6.45, 7) is 5.05. The molecule has 4 rings (SSSR count). The molecule has 5 nitrogen and oxygen atoms in total. The van der Waals surface area contributed by atoms with Crippen molar-refractivity contribution in [3.8, 4) is 11.8 Å². The van der Waals surface area contributed by atoms with Gasteiger partial charge in [0.05, 0.1) is 6.61 Å². The summed E-state index contributed by atoms with van der Waals surface area (Å²) in [6, 6.07) is 24.8. The summed E-state index contributed by atoms with van der Waals surface area (Å²) in [5.41, 5.74) is 4.40. The van der Waals surface area contributed by atoms with E-state index in [-0.39, 0.29) is 5.57 Å². The number of anilines is 1. The molecule has 3 aromatic carbocycles. The molecule has 0 spiro atoms. The quantitative estimate of drug-likeness (QED) is 0.245. The van der Waals surface area contributed by atoms with E-state index in [1.807, 2.05) is 62.4 Å². The van der Waals surface area contributed by atoms with Gasteiger partial charge in [0.25, 0.3) is 5.91 Å². The molecule has 0 aliphatic heterocycles. The van der Waals surface area contributed by atoms with E-state index in [1.165, 1.54) is 0 Å². The third-order valence-electron chi connectivity index (χ3n) is 5.64. The molecule has 34 heavy (non-hydrogen) atoms. The first-order chi connectivity index (χ1) is 16.5. The lowest BCUT2D eigenvalue weighted by molar-refractivity contribution is -0.112. The topological polar surface area (TPSA) is 67.0 Å². The summed E-state index contributed by atoms with van der Waals surface area (Å²) in [4.78, 5) is 12.9. The van der Waals surface area contributed by atoms with Crippen LogP contribution < -0.4 is 10.1 Å². The van der Waals surface area contributed by atoms with Gasteiger partial charge < -0.3 is 14.6 Å². The molecular weight excluding hydrogens is 446 g/mol. The van der Waals surface area contributed by atoms with Gasteiger partial charge in [-0.05, 0) is 61.9 Å². The number of halogens is 1. The van der Waals surface area contributed by atoms with Crippen molar-refractivity contribution >= 4 is 40.2 Å². The number of nitrogens with one attached hydrogen (secondary N) is 1. The Kier molecular flexibility index (Phi) is 7.01. The molecular formula is C28H24ClN3O2. The van der Waals surface area contributed by atoms with Crippen molar-refractivity contribution in [2.24, 2.45) is 0 Å². The zero-order chi connectivity index (χ0) is 24.1. The van der Waals surface area contributed by atoms with Crippen LogP contribution in [0.5, 0.6) is 5.75 Å². The second-order valence-corrected chi connectivity index (χ2v) is 8.18. The van der Waals surface area contributed by atoms with Gasteiger partial charge in [0.15, 0.2) is 0 Å². The number of ether oxygens (including phenoxy) is 1. The van der Waals surface area contributed by atoms with E-state index in [2.05, 4.69) is 16.0 Å². The molecule has 0 atom stereocenters. The Morgan fingerprint density at radius 3 is 2.50 bits per heavy atom. The van der Waals surface area contributed by atoms with Gasteiger partial charge in [0, 0.05) is 39.4 Å². The van der Waals surface area contributed by atoms with Gasteiger partial charge in [-0.3, -0.25) is 4.79 Å². The number of nitrogens with zero attached hydrogens (tertiary/aromatic N) is 2. The third-order valence-corrected chi connectivity index (χ3v) is 6.01. The first-order valence-electron chi connectivity index (χ1n) is 11.0. The summed E-state index contributed by atoms with van der Waals surface area (Å²) in [6.07, 6.45) is 1.66. The SMILES string of the molecule is CCOc1ccc(NC(=O)/C(C#N)=C/c2c(C)n(Cc3ccccc3Cl)c3ccccc23)cc1. The monoisotopic (exact) mass is 469 g/mol. The van der Waals surface area contributed by atoms with E-state index in [1.54, 1.807) is 30.3 Å². The maximum Gasteiger partial charge on any atom is 0.266 e. The minimum atomic E-state index is -0.464. The first kappa shape index (κ1) is 23.2. The Labute approximate surface area is 203 Å². The lowest BCUT2D eigenvalue weighted by atomic mass is 10.1. The van der Waals surface area contributed by atoms with Crippen LogP contribution in [0.2, 0.25) is 5.02 Å². The van der Waals surface area contributed by atoms with Crippen molar-refractivity contribution in [3.63, 3.8) is 0 Å². The lowest BCUT2D eigenvalue weighted by Crippen LogP contribution is -2.13. The number of benzene rings is 3. The minimum Gasteiger partial charge on any atom is -0.494 e. The largest absolute Gasteiger partial charge is 0.494 e. The summed E-state index contributed by atoms with van der Waals surface area (Å²) in [7, 11) is 0. The molecule has 0 saturated carbocycles. The molecule has 1 amide bonds. The molecule has 0 aliphatic carbocycles. The Morgan fingerprint density at radius 2 is 1.79 bits per heavy atom. The van der Waals surface area contributed by atoms with E-state index < -0.39 is 5.91 Å². The van der Waals surface area contributed by atoms with Crippen molar-refractivity contribution in [2.45, 2.75) is 20.4 Å². The highest BCUT2D eigenvalue weighted by molar-refractivity contribution is 6.31.